The third-order valence-electron chi connectivity index (χ3n) is 4.81. The summed E-state index contributed by atoms with van der Waals surface area (Å²) < 4.78 is 14.5. The van der Waals surface area contributed by atoms with Crippen molar-refractivity contribution in [2.45, 2.75) is 12.8 Å². The zero-order chi connectivity index (χ0) is 20.8. The molecule has 1 heterocycles. The van der Waals surface area contributed by atoms with E-state index in [-0.39, 0.29) is 23.9 Å². The van der Waals surface area contributed by atoms with Crippen LogP contribution in [0, 0.1) is 5.82 Å². The minimum atomic E-state index is -0.474. The van der Waals surface area contributed by atoms with Gasteiger partial charge in [0.15, 0.2) is 0 Å². The molecule has 29 heavy (non-hydrogen) atoms. The largest absolute Gasteiger partial charge is 0.337 e. The van der Waals surface area contributed by atoms with Gasteiger partial charge in [0.2, 0.25) is 5.91 Å². The lowest BCUT2D eigenvalue weighted by Crippen LogP contribution is -2.36. The number of amides is 2. The molecule has 3 rings (SSSR count). The van der Waals surface area contributed by atoms with Crippen LogP contribution in [0.2, 0.25) is 5.02 Å². The number of hydrogen-bond donors (Lipinski definition) is 1. The molecule has 8 heteroatoms. The first-order valence-electron chi connectivity index (χ1n) is 9.44. The van der Waals surface area contributed by atoms with Crippen molar-refractivity contribution in [3.63, 3.8) is 0 Å². The molecule has 0 spiro atoms. The number of carbonyl (C=O) groups excluding carboxylic acids is 2. The van der Waals surface area contributed by atoms with Crippen LogP contribution in [0.5, 0.6) is 0 Å². The fourth-order valence-corrected chi connectivity index (χ4v) is 3.79. The highest BCUT2D eigenvalue weighted by molar-refractivity contribution is 9.10. The number of anilines is 1. The van der Waals surface area contributed by atoms with Gasteiger partial charge in [-0.1, -0.05) is 33.6 Å². The standard InChI is InChI=1S/C21H22BrClFN3O2/c22-16-5-6-19(18(24)14-16)25-20(28)7-10-26-8-2-9-27(12-11-26)21(29)15-3-1-4-17(23)13-15/h1,3-6,13-14H,2,7-12H2,(H,25,28). The third kappa shape index (κ3) is 6.26. The molecule has 1 saturated heterocycles. The number of nitrogens with one attached hydrogen (secondary N) is 1. The van der Waals surface area contributed by atoms with Crippen molar-refractivity contribution in [2.24, 2.45) is 0 Å². The van der Waals surface area contributed by atoms with Gasteiger partial charge in [0, 0.05) is 47.7 Å². The van der Waals surface area contributed by atoms with Gasteiger partial charge in [-0.05, 0) is 49.4 Å². The van der Waals surface area contributed by atoms with Crippen molar-refractivity contribution in [3.05, 3.63) is 63.3 Å². The Bertz CT molecular complexity index is 896. The molecule has 5 nitrogen and oxygen atoms in total. The van der Waals surface area contributed by atoms with Gasteiger partial charge in [-0.25, -0.2) is 4.39 Å². The molecule has 1 aliphatic heterocycles. The number of benzene rings is 2. The lowest BCUT2D eigenvalue weighted by atomic mass is 10.2. The Morgan fingerprint density at radius 2 is 1.93 bits per heavy atom. The zero-order valence-corrected chi connectivity index (χ0v) is 18.2. The second-order valence-electron chi connectivity index (χ2n) is 6.92. The molecule has 154 valence electrons. The smallest absolute Gasteiger partial charge is 0.253 e. The number of carbonyl (C=O) groups is 2. The van der Waals surface area contributed by atoms with Gasteiger partial charge in [-0.3, -0.25) is 9.59 Å². The first kappa shape index (κ1) is 21.7. The van der Waals surface area contributed by atoms with Crippen LogP contribution in [0.25, 0.3) is 0 Å². The van der Waals surface area contributed by atoms with Crippen LogP contribution in [-0.4, -0.2) is 54.3 Å². The van der Waals surface area contributed by atoms with E-state index in [9.17, 15) is 14.0 Å². The van der Waals surface area contributed by atoms with Crippen LogP contribution in [0.3, 0.4) is 0 Å². The van der Waals surface area contributed by atoms with Crippen molar-refractivity contribution in [1.29, 1.82) is 0 Å². The van der Waals surface area contributed by atoms with Crippen molar-refractivity contribution < 1.29 is 14.0 Å². The molecule has 0 aromatic heterocycles. The van der Waals surface area contributed by atoms with Crippen molar-refractivity contribution in [3.8, 4) is 0 Å². The summed E-state index contributed by atoms with van der Waals surface area (Å²) in [5.41, 5.74) is 0.759. The van der Waals surface area contributed by atoms with Crippen molar-refractivity contribution >= 4 is 45.0 Å². The SMILES string of the molecule is O=C(CCN1CCCN(C(=O)c2cccc(Cl)c2)CC1)Nc1ccc(Br)cc1F. The highest BCUT2D eigenvalue weighted by Gasteiger charge is 2.21. The lowest BCUT2D eigenvalue weighted by Gasteiger charge is -2.22. The Morgan fingerprint density at radius 3 is 2.69 bits per heavy atom. The summed E-state index contributed by atoms with van der Waals surface area (Å²) in [6.07, 6.45) is 1.09. The van der Waals surface area contributed by atoms with Gasteiger partial charge >= 0.3 is 0 Å². The van der Waals surface area contributed by atoms with E-state index in [1.165, 1.54) is 12.1 Å². The average Bonchev–Trinajstić information content (AvgIpc) is 2.94. The topological polar surface area (TPSA) is 52.7 Å². The summed E-state index contributed by atoms with van der Waals surface area (Å²) in [7, 11) is 0. The summed E-state index contributed by atoms with van der Waals surface area (Å²) in [6.45, 7) is 3.31. The Kier molecular flexibility index (Phi) is 7.64. The van der Waals surface area contributed by atoms with Crippen LogP contribution in [0.15, 0.2) is 46.9 Å². The highest BCUT2D eigenvalue weighted by Crippen LogP contribution is 2.19. The molecule has 0 bridgehead atoms. The molecule has 2 amide bonds. The van der Waals surface area contributed by atoms with Crippen LogP contribution in [0.1, 0.15) is 23.2 Å². The van der Waals surface area contributed by atoms with Crippen LogP contribution in [0.4, 0.5) is 10.1 Å². The van der Waals surface area contributed by atoms with E-state index in [1.54, 1.807) is 30.3 Å². The molecule has 0 radical (unpaired) electrons. The molecule has 2 aromatic rings. The van der Waals surface area contributed by atoms with Gasteiger partial charge < -0.3 is 15.1 Å². The summed E-state index contributed by atoms with van der Waals surface area (Å²) >= 11 is 9.18. The van der Waals surface area contributed by atoms with E-state index in [2.05, 4.69) is 26.1 Å². The normalized spacial score (nSPS) is 15.1. The van der Waals surface area contributed by atoms with E-state index in [0.717, 1.165) is 13.0 Å². The third-order valence-corrected chi connectivity index (χ3v) is 5.54. The maximum atomic E-state index is 13.8. The summed E-state index contributed by atoms with van der Waals surface area (Å²) in [5.74, 6) is -0.738. The fourth-order valence-electron chi connectivity index (χ4n) is 3.26. The predicted octanol–water partition coefficient (Wildman–Crippen LogP) is 4.42. The average molecular weight is 483 g/mol. The van der Waals surface area contributed by atoms with Crippen LogP contribution >= 0.6 is 27.5 Å². The van der Waals surface area contributed by atoms with Crippen molar-refractivity contribution in [1.82, 2.24) is 9.80 Å². The lowest BCUT2D eigenvalue weighted by molar-refractivity contribution is -0.116. The minimum absolute atomic E-state index is 0.0298. The van der Waals surface area contributed by atoms with E-state index < -0.39 is 5.82 Å². The molecule has 1 fully saturated rings. The Balaban J connectivity index is 1.48. The van der Waals surface area contributed by atoms with Gasteiger partial charge in [-0.2, -0.15) is 0 Å². The molecular formula is C21H22BrClFN3O2. The molecule has 2 aromatic carbocycles. The summed E-state index contributed by atoms with van der Waals surface area (Å²) in [6, 6.07) is 11.5. The summed E-state index contributed by atoms with van der Waals surface area (Å²) in [4.78, 5) is 28.8. The second-order valence-corrected chi connectivity index (χ2v) is 8.27. The van der Waals surface area contributed by atoms with E-state index in [4.69, 9.17) is 11.6 Å². The monoisotopic (exact) mass is 481 g/mol. The molecule has 0 atom stereocenters. The second kappa shape index (κ2) is 10.2. The maximum absolute atomic E-state index is 13.8. The van der Waals surface area contributed by atoms with Crippen molar-refractivity contribution in [2.75, 3.05) is 38.0 Å². The quantitative estimate of drug-likeness (QED) is 0.686. The van der Waals surface area contributed by atoms with Gasteiger partial charge in [0.05, 0.1) is 5.69 Å². The number of halogens is 3. The fraction of sp³-hybridized carbons (Fsp3) is 0.333. The Labute approximate surface area is 182 Å². The van der Waals surface area contributed by atoms with Gasteiger partial charge in [0.25, 0.3) is 5.91 Å². The maximum Gasteiger partial charge on any atom is 0.253 e. The first-order chi connectivity index (χ1) is 13.9. The molecule has 1 aliphatic rings. The van der Waals surface area contributed by atoms with Crippen LogP contribution < -0.4 is 5.32 Å². The van der Waals surface area contributed by atoms with Gasteiger partial charge in [-0.15, -0.1) is 0 Å². The van der Waals surface area contributed by atoms with E-state index in [1.807, 2.05) is 4.90 Å². The number of hydrogen-bond acceptors (Lipinski definition) is 3. The first-order valence-corrected chi connectivity index (χ1v) is 10.6. The van der Waals surface area contributed by atoms with E-state index in [0.29, 0.717) is 41.2 Å². The Hall–Kier alpha value is -1.96. The molecular weight excluding hydrogens is 461 g/mol. The predicted molar refractivity (Wildman–Crippen MR) is 116 cm³/mol. The minimum Gasteiger partial charge on any atom is -0.337 e. The van der Waals surface area contributed by atoms with Gasteiger partial charge in [0.1, 0.15) is 5.82 Å². The number of rotatable bonds is 5. The highest BCUT2D eigenvalue weighted by atomic mass is 79.9. The van der Waals surface area contributed by atoms with Crippen LogP contribution in [-0.2, 0) is 4.79 Å². The molecule has 1 N–H and O–H groups in total. The Morgan fingerprint density at radius 1 is 1.10 bits per heavy atom. The van der Waals surface area contributed by atoms with E-state index >= 15 is 0 Å². The number of nitrogens with zero attached hydrogens (tertiary/aromatic N) is 2. The molecule has 0 aliphatic carbocycles. The zero-order valence-electron chi connectivity index (χ0n) is 15.8. The summed E-state index contributed by atoms with van der Waals surface area (Å²) in [5, 5.41) is 3.15. The molecule has 0 unspecified atom stereocenters. The molecule has 0 saturated carbocycles.